The Labute approximate surface area is 176 Å². The Bertz CT molecular complexity index is 1030. The van der Waals surface area contributed by atoms with Crippen LogP contribution in [0.1, 0.15) is 67.1 Å². The molecule has 0 spiro atoms. The predicted octanol–water partition coefficient (Wildman–Crippen LogP) is 4.15. The Morgan fingerprint density at radius 3 is 2.57 bits per heavy atom. The first-order valence-corrected chi connectivity index (χ1v) is 10.3. The maximum atomic E-state index is 12.8. The number of nitrogens with zero attached hydrogens (tertiary/aromatic N) is 5. The molecule has 1 aliphatic heterocycles. The molecule has 0 unspecified atom stereocenters. The lowest BCUT2D eigenvalue weighted by molar-refractivity contribution is 0.0711. The Kier molecular flexibility index (Phi) is 5.37. The van der Waals surface area contributed by atoms with Crippen LogP contribution in [0.25, 0.3) is 11.3 Å². The number of pyridine rings is 1. The maximum Gasteiger partial charge on any atom is 0.255 e. The molecule has 0 aromatic carbocycles. The van der Waals surface area contributed by atoms with E-state index >= 15 is 0 Å². The lowest BCUT2D eigenvalue weighted by Gasteiger charge is -2.32. The Morgan fingerprint density at radius 2 is 1.97 bits per heavy atom. The van der Waals surface area contributed by atoms with Gasteiger partial charge in [0.15, 0.2) is 5.76 Å². The highest BCUT2D eigenvalue weighted by atomic mass is 16.5. The number of carbonyl (C=O) groups excluding carboxylic acids is 1. The second-order valence-electron chi connectivity index (χ2n) is 8.88. The van der Waals surface area contributed by atoms with Gasteiger partial charge in [-0.1, -0.05) is 25.9 Å². The third-order valence-electron chi connectivity index (χ3n) is 5.46. The minimum atomic E-state index is -0.151. The maximum absolute atomic E-state index is 12.8. The molecule has 4 rings (SSSR count). The van der Waals surface area contributed by atoms with Crippen LogP contribution in [0.5, 0.6) is 0 Å². The largest absolute Gasteiger partial charge is 0.356 e. The number of likely N-dealkylation sites (tertiary alicyclic amines) is 1. The summed E-state index contributed by atoms with van der Waals surface area (Å²) in [4.78, 5) is 28.3. The summed E-state index contributed by atoms with van der Waals surface area (Å²) >= 11 is 0. The molecule has 4 heterocycles. The number of aromatic nitrogens is 4. The van der Waals surface area contributed by atoms with E-state index in [1.165, 1.54) is 0 Å². The van der Waals surface area contributed by atoms with E-state index in [0.717, 1.165) is 35.6 Å². The van der Waals surface area contributed by atoms with Gasteiger partial charge < -0.3 is 9.42 Å². The summed E-state index contributed by atoms with van der Waals surface area (Å²) in [5, 5.41) is 4.03. The van der Waals surface area contributed by atoms with Crippen molar-refractivity contribution in [1.29, 1.82) is 0 Å². The van der Waals surface area contributed by atoms with E-state index in [9.17, 15) is 4.79 Å². The second-order valence-corrected chi connectivity index (χ2v) is 8.88. The van der Waals surface area contributed by atoms with Crippen LogP contribution in [0.3, 0.4) is 0 Å². The molecule has 3 aromatic heterocycles. The zero-order valence-electron chi connectivity index (χ0n) is 17.9. The molecule has 1 aliphatic rings. The molecule has 0 atom stereocenters. The molecular weight excluding hydrogens is 378 g/mol. The van der Waals surface area contributed by atoms with Gasteiger partial charge in [0.1, 0.15) is 5.82 Å². The first-order valence-electron chi connectivity index (χ1n) is 10.3. The molecule has 0 aliphatic carbocycles. The topological polar surface area (TPSA) is 85.0 Å². The predicted molar refractivity (Wildman–Crippen MR) is 113 cm³/mol. The van der Waals surface area contributed by atoms with Gasteiger partial charge in [0.05, 0.1) is 22.5 Å². The minimum Gasteiger partial charge on any atom is -0.356 e. The van der Waals surface area contributed by atoms with E-state index in [2.05, 4.69) is 35.9 Å². The van der Waals surface area contributed by atoms with E-state index in [-0.39, 0.29) is 17.2 Å². The van der Waals surface area contributed by atoms with Crippen molar-refractivity contribution in [3.63, 3.8) is 0 Å². The highest BCUT2D eigenvalue weighted by Gasteiger charge is 2.30. The number of carbonyl (C=O) groups is 1. The smallest absolute Gasteiger partial charge is 0.255 e. The fourth-order valence-corrected chi connectivity index (χ4v) is 3.78. The van der Waals surface area contributed by atoms with Crippen molar-refractivity contribution < 1.29 is 9.32 Å². The standard InChI is InChI=1S/C23H27N5O2/c1-15-12-19(30-27-15)18-14-25-22(23(2,3)4)26-20(18)16-7-10-28(11-8-16)21(29)17-6-5-9-24-13-17/h5-6,9,12-14,16H,7-8,10-11H2,1-4H3. The summed E-state index contributed by atoms with van der Waals surface area (Å²) in [5.41, 5.74) is 3.18. The van der Waals surface area contributed by atoms with E-state index < -0.39 is 0 Å². The molecule has 156 valence electrons. The number of rotatable bonds is 3. The summed E-state index contributed by atoms with van der Waals surface area (Å²) in [6.45, 7) is 9.60. The molecule has 7 heteroatoms. The van der Waals surface area contributed by atoms with Gasteiger partial charge in [-0.15, -0.1) is 0 Å². The zero-order chi connectivity index (χ0) is 21.3. The Morgan fingerprint density at radius 1 is 1.20 bits per heavy atom. The van der Waals surface area contributed by atoms with Crippen molar-refractivity contribution in [2.75, 3.05) is 13.1 Å². The average Bonchev–Trinajstić information content (AvgIpc) is 3.19. The van der Waals surface area contributed by atoms with Gasteiger partial charge in [-0.2, -0.15) is 0 Å². The second kappa shape index (κ2) is 7.97. The van der Waals surface area contributed by atoms with Crippen molar-refractivity contribution in [2.45, 2.75) is 51.9 Å². The molecular formula is C23H27N5O2. The zero-order valence-corrected chi connectivity index (χ0v) is 17.9. The molecule has 0 bridgehead atoms. The quantitative estimate of drug-likeness (QED) is 0.651. The number of hydrogen-bond donors (Lipinski definition) is 0. The van der Waals surface area contributed by atoms with E-state index in [4.69, 9.17) is 9.51 Å². The molecule has 1 saturated heterocycles. The summed E-state index contributed by atoms with van der Waals surface area (Å²) in [6, 6.07) is 5.52. The molecule has 7 nitrogen and oxygen atoms in total. The summed E-state index contributed by atoms with van der Waals surface area (Å²) in [7, 11) is 0. The summed E-state index contributed by atoms with van der Waals surface area (Å²) < 4.78 is 5.52. The van der Waals surface area contributed by atoms with E-state index in [1.807, 2.05) is 30.2 Å². The minimum absolute atomic E-state index is 0.0331. The van der Waals surface area contributed by atoms with Crippen LogP contribution in [0, 0.1) is 6.92 Å². The summed E-state index contributed by atoms with van der Waals surface area (Å²) in [6.07, 6.45) is 6.84. The van der Waals surface area contributed by atoms with Crippen molar-refractivity contribution in [2.24, 2.45) is 0 Å². The van der Waals surface area contributed by atoms with Crippen molar-refractivity contribution in [1.82, 2.24) is 25.0 Å². The number of aryl methyl sites for hydroxylation is 1. The molecule has 1 amide bonds. The van der Waals surface area contributed by atoms with Gasteiger partial charge in [0, 0.05) is 49.1 Å². The van der Waals surface area contributed by atoms with Crippen LogP contribution < -0.4 is 0 Å². The Hall–Kier alpha value is -3.09. The molecule has 0 radical (unpaired) electrons. The van der Waals surface area contributed by atoms with Crippen LogP contribution in [0.2, 0.25) is 0 Å². The monoisotopic (exact) mass is 405 g/mol. The molecule has 0 saturated carbocycles. The fourth-order valence-electron chi connectivity index (χ4n) is 3.78. The van der Waals surface area contributed by atoms with Gasteiger partial charge in [0.25, 0.3) is 5.91 Å². The fraction of sp³-hybridized carbons (Fsp3) is 0.435. The van der Waals surface area contributed by atoms with E-state index in [0.29, 0.717) is 24.4 Å². The first kappa shape index (κ1) is 20.2. The third kappa shape index (κ3) is 4.10. The van der Waals surface area contributed by atoms with Gasteiger partial charge in [-0.25, -0.2) is 9.97 Å². The van der Waals surface area contributed by atoms with Gasteiger partial charge in [-0.05, 0) is 31.9 Å². The van der Waals surface area contributed by atoms with Gasteiger partial charge in [-0.3, -0.25) is 9.78 Å². The number of hydrogen-bond acceptors (Lipinski definition) is 6. The van der Waals surface area contributed by atoms with Crippen molar-refractivity contribution in [3.8, 4) is 11.3 Å². The lowest BCUT2D eigenvalue weighted by atomic mass is 9.88. The molecule has 30 heavy (non-hydrogen) atoms. The molecule has 3 aromatic rings. The molecule has 1 fully saturated rings. The van der Waals surface area contributed by atoms with Crippen LogP contribution >= 0.6 is 0 Å². The SMILES string of the molecule is Cc1cc(-c2cnc(C(C)(C)C)nc2C2CCN(C(=O)c3cccnc3)CC2)on1. The highest BCUT2D eigenvalue weighted by Crippen LogP contribution is 2.35. The Balaban J connectivity index is 1.59. The highest BCUT2D eigenvalue weighted by molar-refractivity contribution is 5.93. The van der Waals surface area contributed by atoms with Crippen LogP contribution in [0.15, 0.2) is 41.3 Å². The normalized spacial score (nSPS) is 15.4. The number of amides is 1. The number of piperidine rings is 1. The summed E-state index contributed by atoms with van der Waals surface area (Å²) in [5.74, 6) is 1.77. The lowest BCUT2D eigenvalue weighted by Crippen LogP contribution is -2.38. The van der Waals surface area contributed by atoms with Crippen molar-refractivity contribution >= 4 is 5.91 Å². The van der Waals surface area contributed by atoms with Gasteiger partial charge >= 0.3 is 0 Å². The first-order chi connectivity index (χ1) is 14.3. The van der Waals surface area contributed by atoms with Crippen LogP contribution in [-0.4, -0.2) is 44.0 Å². The third-order valence-corrected chi connectivity index (χ3v) is 5.46. The van der Waals surface area contributed by atoms with Gasteiger partial charge in [0.2, 0.25) is 0 Å². The van der Waals surface area contributed by atoms with E-state index in [1.54, 1.807) is 18.5 Å². The van der Waals surface area contributed by atoms with Crippen LogP contribution in [-0.2, 0) is 5.41 Å². The van der Waals surface area contributed by atoms with Crippen molar-refractivity contribution in [3.05, 3.63) is 59.6 Å². The van der Waals surface area contributed by atoms with Crippen LogP contribution in [0.4, 0.5) is 0 Å². The molecule has 0 N–H and O–H groups in total. The average molecular weight is 406 g/mol.